The fourth-order valence-electron chi connectivity index (χ4n) is 4.18. The third-order valence-corrected chi connectivity index (χ3v) is 6.98. The van der Waals surface area contributed by atoms with Crippen molar-refractivity contribution in [3.05, 3.63) is 29.8 Å². The molecule has 2 saturated heterocycles. The summed E-state index contributed by atoms with van der Waals surface area (Å²) in [6, 6.07) is 7.49. The summed E-state index contributed by atoms with van der Waals surface area (Å²) in [7, 11) is -3.30. The van der Waals surface area contributed by atoms with Gasteiger partial charge in [0.15, 0.2) is 0 Å². The van der Waals surface area contributed by atoms with Crippen LogP contribution in [0.5, 0.6) is 5.75 Å². The molecule has 1 N–H and O–H groups in total. The number of nitrogens with zero attached hydrogens (tertiary/aromatic N) is 2. The first kappa shape index (κ1) is 20.1. The van der Waals surface area contributed by atoms with E-state index < -0.39 is 15.4 Å². The molecule has 0 bridgehead atoms. The number of sulfonamides is 1. The highest BCUT2D eigenvalue weighted by Crippen LogP contribution is 2.42. The summed E-state index contributed by atoms with van der Waals surface area (Å²) in [6.07, 6.45) is 2.19. The Balaban J connectivity index is 1.67. The zero-order valence-electron chi connectivity index (χ0n) is 15.9. The summed E-state index contributed by atoms with van der Waals surface area (Å²) in [5.41, 5.74) is 0.350. The molecule has 7 nitrogen and oxygen atoms in total. The van der Waals surface area contributed by atoms with Crippen LogP contribution in [0.4, 0.5) is 0 Å². The lowest BCUT2D eigenvalue weighted by Crippen LogP contribution is -2.53. The van der Waals surface area contributed by atoms with Crippen molar-refractivity contribution in [2.24, 2.45) is 11.3 Å². The summed E-state index contributed by atoms with van der Waals surface area (Å²) >= 11 is 0. The average molecular weight is 397 g/mol. The highest BCUT2D eigenvalue weighted by molar-refractivity contribution is 7.88. The van der Waals surface area contributed by atoms with Gasteiger partial charge in [-0.25, -0.2) is 12.7 Å². The molecule has 2 aliphatic heterocycles. The summed E-state index contributed by atoms with van der Waals surface area (Å²) in [4.78, 5) is 14.6. The fourth-order valence-corrected chi connectivity index (χ4v) is 5.13. The number of piperidine rings is 1. The van der Waals surface area contributed by atoms with Crippen molar-refractivity contribution in [1.29, 1.82) is 0 Å². The Labute approximate surface area is 161 Å². The van der Waals surface area contributed by atoms with Crippen molar-refractivity contribution >= 4 is 15.9 Å². The van der Waals surface area contributed by atoms with E-state index in [-0.39, 0.29) is 31.4 Å². The van der Waals surface area contributed by atoms with Gasteiger partial charge in [-0.3, -0.25) is 4.79 Å². The molecule has 2 fully saturated rings. The van der Waals surface area contributed by atoms with Crippen LogP contribution in [0.3, 0.4) is 0 Å². The summed E-state index contributed by atoms with van der Waals surface area (Å²) in [6.45, 7) is 4.11. The Hall–Kier alpha value is -1.64. The van der Waals surface area contributed by atoms with Gasteiger partial charge in [0.1, 0.15) is 5.75 Å². The highest BCUT2D eigenvalue weighted by Gasteiger charge is 2.52. The van der Waals surface area contributed by atoms with Crippen LogP contribution < -0.4 is 4.74 Å². The van der Waals surface area contributed by atoms with E-state index in [0.29, 0.717) is 32.7 Å². The normalized spacial score (nSPS) is 26.0. The van der Waals surface area contributed by atoms with Gasteiger partial charge in [0.25, 0.3) is 0 Å². The number of likely N-dealkylation sites (tertiary alicyclic amines) is 1. The van der Waals surface area contributed by atoms with Gasteiger partial charge in [-0.05, 0) is 37.0 Å². The fraction of sp³-hybridized carbons (Fsp3) is 0.632. The number of ether oxygens (including phenoxy) is 1. The van der Waals surface area contributed by atoms with Gasteiger partial charge in [-0.2, -0.15) is 0 Å². The molecule has 2 heterocycles. The minimum absolute atomic E-state index is 0.00300. The predicted octanol–water partition coefficient (Wildman–Crippen LogP) is 0.730. The highest BCUT2D eigenvalue weighted by atomic mass is 32.2. The molecule has 1 amide bonds. The van der Waals surface area contributed by atoms with Crippen molar-refractivity contribution in [2.75, 3.05) is 45.6 Å². The molecule has 8 heteroatoms. The Kier molecular flexibility index (Phi) is 5.79. The van der Waals surface area contributed by atoms with Crippen LogP contribution in [0.2, 0.25) is 0 Å². The number of carbonyl (C=O) groups excluding carboxylic acids is 1. The number of hydrogen-bond donors (Lipinski definition) is 1. The van der Waals surface area contributed by atoms with Crippen LogP contribution >= 0.6 is 0 Å². The second-order valence-electron chi connectivity index (χ2n) is 7.63. The standard InChI is InChI=1S/C19H28N2O5S/c1-3-26-17-6-4-15(5-7-17)10-18(23)20-9-8-16-11-21(27(2,24)25)13-19(16,12-20)14-22/h4-7,16,22H,3,8-14H2,1-2H3/t16-,19+/m0/s1. The molecule has 0 spiro atoms. The quantitative estimate of drug-likeness (QED) is 0.766. The third-order valence-electron chi connectivity index (χ3n) is 5.76. The molecule has 150 valence electrons. The first-order valence-electron chi connectivity index (χ1n) is 9.33. The van der Waals surface area contributed by atoms with Crippen molar-refractivity contribution in [2.45, 2.75) is 19.8 Å². The van der Waals surface area contributed by atoms with Crippen LogP contribution in [-0.4, -0.2) is 74.3 Å². The summed E-state index contributed by atoms with van der Waals surface area (Å²) in [5, 5.41) is 10.0. The van der Waals surface area contributed by atoms with E-state index >= 15 is 0 Å². The molecular formula is C19H28N2O5S. The van der Waals surface area contributed by atoms with Crippen molar-refractivity contribution in [1.82, 2.24) is 9.21 Å². The minimum Gasteiger partial charge on any atom is -0.494 e. The van der Waals surface area contributed by atoms with E-state index in [2.05, 4.69) is 0 Å². The van der Waals surface area contributed by atoms with Crippen LogP contribution in [-0.2, 0) is 21.2 Å². The van der Waals surface area contributed by atoms with E-state index in [4.69, 9.17) is 4.74 Å². The zero-order chi connectivity index (χ0) is 19.7. The number of amides is 1. The van der Waals surface area contributed by atoms with E-state index in [1.54, 1.807) is 4.90 Å². The maximum absolute atomic E-state index is 12.8. The topological polar surface area (TPSA) is 87.2 Å². The van der Waals surface area contributed by atoms with Gasteiger partial charge >= 0.3 is 0 Å². The molecule has 0 aliphatic carbocycles. The molecule has 27 heavy (non-hydrogen) atoms. The lowest BCUT2D eigenvalue weighted by molar-refractivity contribution is -0.135. The van der Waals surface area contributed by atoms with E-state index in [1.807, 2.05) is 31.2 Å². The van der Waals surface area contributed by atoms with Gasteiger partial charge in [-0.1, -0.05) is 12.1 Å². The Morgan fingerprint density at radius 3 is 2.59 bits per heavy atom. The lowest BCUT2D eigenvalue weighted by atomic mass is 9.74. The van der Waals surface area contributed by atoms with Gasteiger partial charge in [-0.15, -0.1) is 0 Å². The Morgan fingerprint density at radius 1 is 1.30 bits per heavy atom. The minimum atomic E-state index is -3.30. The number of fused-ring (bicyclic) bond motifs is 1. The molecule has 1 aromatic rings. The maximum Gasteiger partial charge on any atom is 0.227 e. The number of rotatable bonds is 6. The van der Waals surface area contributed by atoms with Crippen molar-refractivity contribution < 1.29 is 23.1 Å². The monoisotopic (exact) mass is 396 g/mol. The summed E-state index contributed by atoms with van der Waals surface area (Å²) < 4.78 is 30.7. The maximum atomic E-state index is 12.8. The van der Waals surface area contributed by atoms with Crippen LogP contribution in [0.15, 0.2) is 24.3 Å². The second-order valence-corrected chi connectivity index (χ2v) is 9.61. The van der Waals surface area contributed by atoms with Crippen LogP contribution in [0.25, 0.3) is 0 Å². The number of aliphatic hydroxyl groups is 1. The molecule has 0 unspecified atom stereocenters. The Bertz CT molecular complexity index is 780. The number of benzene rings is 1. The number of hydrogen-bond acceptors (Lipinski definition) is 5. The first-order chi connectivity index (χ1) is 12.8. The van der Waals surface area contributed by atoms with E-state index in [1.165, 1.54) is 10.6 Å². The third kappa shape index (κ3) is 4.28. The SMILES string of the molecule is CCOc1ccc(CC(=O)N2CC[C@H]3CN(S(C)(=O)=O)C[C@@]3(CO)C2)cc1. The molecule has 0 radical (unpaired) electrons. The first-order valence-corrected chi connectivity index (χ1v) is 11.2. The molecule has 0 saturated carbocycles. The van der Waals surface area contributed by atoms with Gasteiger partial charge < -0.3 is 14.7 Å². The van der Waals surface area contributed by atoms with Gasteiger partial charge in [0.05, 0.1) is 25.9 Å². The molecule has 2 atom stereocenters. The van der Waals surface area contributed by atoms with E-state index in [0.717, 1.165) is 11.3 Å². The van der Waals surface area contributed by atoms with Gasteiger partial charge in [0, 0.05) is 31.6 Å². The smallest absolute Gasteiger partial charge is 0.227 e. The number of carbonyl (C=O) groups is 1. The number of aliphatic hydroxyl groups excluding tert-OH is 1. The zero-order valence-corrected chi connectivity index (χ0v) is 16.7. The van der Waals surface area contributed by atoms with E-state index in [9.17, 15) is 18.3 Å². The molecule has 0 aromatic heterocycles. The lowest BCUT2D eigenvalue weighted by Gasteiger charge is -2.43. The average Bonchev–Trinajstić information content (AvgIpc) is 3.03. The molecule has 3 rings (SSSR count). The molecule has 1 aromatic carbocycles. The second kappa shape index (κ2) is 7.77. The molecule has 2 aliphatic rings. The molecular weight excluding hydrogens is 368 g/mol. The Morgan fingerprint density at radius 2 is 2.00 bits per heavy atom. The van der Waals surface area contributed by atoms with Crippen LogP contribution in [0, 0.1) is 11.3 Å². The van der Waals surface area contributed by atoms with Crippen LogP contribution in [0.1, 0.15) is 18.9 Å². The van der Waals surface area contributed by atoms with Crippen molar-refractivity contribution in [3.63, 3.8) is 0 Å². The largest absolute Gasteiger partial charge is 0.494 e. The predicted molar refractivity (Wildman–Crippen MR) is 102 cm³/mol. The summed E-state index contributed by atoms with van der Waals surface area (Å²) in [5.74, 6) is 0.871. The van der Waals surface area contributed by atoms with Crippen molar-refractivity contribution in [3.8, 4) is 5.75 Å². The van der Waals surface area contributed by atoms with Gasteiger partial charge in [0.2, 0.25) is 15.9 Å².